The number of hydrogen-bond acceptors (Lipinski definition) is 1. The first kappa shape index (κ1) is 14.7. The topological polar surface area (TPSA) is 26.0 Å². The van der Waals surface area contributed by atoms with E-state index in [1.54, 1.807) is 0 Å². The van der Waals surface area contributed by atoms with E-state index in [1.165, 1.54) is 0 Å². The summed E-state index contributed by atoms with van der Waals surface area (Å²) in [5.41, 5.74) is 5.91. The highest BCUT2D eigenvalue weighted by Crippen LogP contribution is 2.36. The van der Waals surface area contributed by atoms with E-state index < -0.39 is 17.7 Å². The molecule has 1 aliphatic carbocycles. The fourth-order valence-electron chi connectivity index (χ4n) is 2.42. The third-order valence-corrected chi connectivity index (χ3v) is 3.50. The molecule has 5 heteroatoms. The summed E-state index contributed by atoms with van der Waals surface area (Å²) in [6, 6.07) is 1.68. The summed E-state index contributed by atoms with van der Waals surface area (Å²) < 4.78 is 27.2. The summed E-state index contributed by atoms with van der Waals surface area (Å²) in [6.07, 6.45) is 4.08. The molecule has 1 aromatic rings. The summed E-state index contributed by atoms with van der Waals surface area (Å²) in [6.45, 7) is 0. The van der Waals surface area contributed by atoms with E-state index >= 15 is 0 Å². The molecule has 1 atom stereocenters. The first-order valence-corrected chi connectivity index (χ1v) is 5.87. The van der Waals surface area contributed by atoms with Crippen LogP contribution in [0.2, 0.25) is 5.02 Å². The van der Waals surface area contributed by atoms with Crippen LogP contribution >= 0.6 is 24.0 Å². The number of benzene rings is 1. The van der Waals surface area contributed by atoms with Crippen molar-refractivity contribution in [3.8, 4) is 0 Å². The van der Waals surface area contributed by atoms with Gasteiger partial charge in [-0.15, -0.1) is 12.4 Å². The van der Waals surface area contributed by atoms with Gasteiger partial charge in [-0.25, -0.2) is 8.78 Å². The van der Waals surface area contributed by atoms with Crippen LogP contribution in [0.1, 0.15) is 37.3 Å². The second-order valence-corrected chi connectivity index (χ2v) is 4.79. The largest absolute Gasteiger partial charge is 0.324 e. The van der Waals surface area contributed by atoms with Crippen LogP contribution in [0, 0.1) is 17.6 Å². The molecule has 1 saturated carbocycles. The zero-order valence-corrected chi connectivity index (χ0v) is 10.8. The molecule has 0 bridgehead atoms. The molecular weight excluding hydrogens is 267 g/mol. The van der Waals surface area contributed by atoms with Crippen molar-refractivity contribution < 1.29 is 8.78 Å². The lowest BCUT2D eigenvalue weighted by Crippen LogP contribution is -2.21. The van der Waals surface area contributed by atoms with Crippen molar-refractivity contribution in [3.05, 3.63) is 34.4 Å². The lowest BCUT2D eigenvalue weighted by atomic mass is 9.92. The predicted molar refractivity (Wildman–Crippen MR) is 67.5 cm³/mol. The van der Waals surface area contributed by atoms with E-state index in [-0.39, 0.29) is 28.9 Å². The van der Waals surface area contributed by atoms with E-state index in [0.717, 1.165) is 37.8 Å². The monoisotopic (exact) mass is 281 g/mol. The molecule has 1 aromatic carbocycles. The third-order valence-electron chi connectivity index (χ3n) is 3.28. The third kappa shape index (κ3) is 3.09. The Hall–Kier alpha value is -0.380. The normalized spacial score (nSPS) is 17.9. The SMILES string of the molecule is Cl.N[C@H](c1c(F)cc(Cl)cc1F)C1CCCC1. The van der Waals surface area contributed by atoms with Gasteiger partial charge in [0.05, 0.1) is 0 Å². The van der Waals surface area contributed by atoms with E-state index in [2.05, 4.69) is 0 Å². The average molecular weight is 282 g/mol. The molecule has 17 heavy (non-hydrogen) atoms. The Morgan fingerprint density at radius 2 is 1.65 bits per heavy atom. The Bertz CT molecular complexity index is 369. The molecule has 0 aliphatic heterocycles. The predicted octanol–water partition coefficient (Wildman–Crippen LogP) is 4.23. The first-order chi connectivity index (χ1) is 7.59. The van der Waals surface area contributed by atoms with Crippen LogP contribution in [0.25, 0.3) is 0 Å². The number of nitrogens with two attached hydrogens (primary N) is 1. The Morgan fingerprint density at radius 3 is 2.12 bits per heavy atom. The standard InChI is InChI=1S/C12H14ClF2N.ClH/c13-8-5-9(14)11(10(15)6-8)12(16)7-3-1-2-4-7;/h5-7,12H,1-4,16H2;1H/t12-;/m0./s1. The van der Waals surface area contributed by atoms with Gasteiger partial charge in [-0.1, -0.05) is 24.4 Å². The van der Waals surface area contributed by atoms with Crippen molar-refractivity contribution in [3.63, 3.8) is 0 Å². The van der Waals surface area contributed by atoms with Crippen molar-refractivity contribution in [2.24, 2.45) is 11.7 Å². The molecule has 0 amide bonds. The molecule has 96 valence electrons. The van der Waals surface area contributed by atoms with Gasteiger partial charge < -0.3 is 5.73 Å². The zero-order valence-electron chi connectivity index (χ0n) is 9.26. The summed E-state index contributed by atoms with van der Waals surface area (Å²) >= 11 is 5.57. The smallest absolute Gasteiger partial charge is 0.132 e. The van der Waals surface area contributed by atoms with Gasteiger partial charge in [-0.05, 0) is 30.9 Å². The van der Waals surface area contributed by atoms with Crippen molar-refractivity contribution in [2.75, 3.05) is 0 Å². The maximum atomic E-state index is 13.6. The van der Waals surface area contributed by atoms with E-state index in [9.17, 15) is 8.78 Å². The van der Waals surface area contributed by atoms with Crippen LogP contribution < -0.4 is 5.73 Å². The number of rotatable bonds is 2. The van der Waals surface area contributed by atoms with Gasteiger partial charge in [0.25, 0.3) is 0 Å². The van der Waals surface area contributed by atoms with Crippen LogP contribution in [0.4, 0.5) is 8.78 Å². The maximum absolute atomic E-state index is 13.6. The molecule has 0 radical (unpaired) electrons. The van der Waals surface area contributed by atoms with Gasteiger partial charge in [0.1, 0.15) is 11.6 Å². The number of halogens is 4. The lowest BCUT2D eigenvalue weighted by molar-refractivity contribution is 0.410. The highest BCUT2D eigenvalue weighted by atomic mass is 35.5. The van der Waals surface area contributed by atoms with Crippen molar-refractivity contribution in [2.45, 2.75) is 31.7 Å². The summed E-state index contributed by atoms with van der Waals surface area (Å²) in [5.74, 6) is -1.08. The molecule has 1 nitrogen and oxygen atoms in total. The fraction of sp³-hybridized carbons (Fsp3) is 0.500. The maximum Gasteiger partial charge on any atom is 0.132 e. The minimum atomic E-state index is -0.635. The van der Waals surface area contributed by atoms with E-state index in [0.29, 0.717) is 0 Å². The summed E-state index contributed by atoms with van der Waals surface area (Å²) in [7, 11) is 0. The quantitative estimate of drug-likeness (QED) is 0.863. The Kier molecular flexibility index (Phi) is 5.17. The lowest BCUT2D eigenvalue weighted by Gasteiger charge is -2.20. The Morgan fingerprint density at radius 1 is 1.18 bits per heavy atom. The molecule has 0 heterocycles. The highest BCUT2D eigenvalue weighted by molar-refractivity contribution is 6.30. The fourth-order valence-corrected chi connectivity index (χ4v) is 2.62. The molecule has 2 rings (SSSR count). The summed E-state index contributed by atoms with van der Waals surface area (Å²) in [4.78, 5) is 0. The van der Waals surface area contributed by atoms with Gasteiger partial charge in [0, 0.05) is 16.6 Å². The van der Waals surface area contributed by atoms with Crippen LogP contribution in [0.15, 0.2) is 12.1 Å². The Balaban J connectivity index is 0.00000144. The highest BCUT2D eigenvalue weighted by Gasteiger charge is 2.27. The molecule has 1 aliphatic rings. The van der Waals surface area contributed by atoms with Crippen molar-refractivity contribution in [1.29, 1.82) is 0 Å². The van der Waals surface area contributed by atoms with Crippen LogP contribution in [0.5, 0.6) is 0 Å². The van der Waals surface area contributed by atoms with Gasteiger partial charge in [-0.2, -0.15) is 0 Å². The molecule has 2 N–H and O–H groups in total. The van der Waals surface area contributed by atoms with Gasteiger partial charge >= 0.3 is 0 Å². The van der Waals surface area contributed by atoms with Crippen LogP contribution in [0.3, 0.4) is 0 Å². The Labute approximate surface area is 111 Å². The minimum absolute atomic E-state index is 0. The molecule has 0 spiro atoms. The molecule has 1 fully saturated rings. The first-order valence-electron chi connectivity index (χ1n) is 5.49. The van der Waals surface area contributed by atoms with Gasteiger partial charge in [0.2, 0.25) is 0 Å². The van der Waals surface area contributed by atoms with E-state index in [1.807, 2.05) is 0 Å². The van der Waals surface area contributed by atoms with Gasteiger partial charge in [-0.3, -0.25) is 0 Å². The average Bonchev–Trinajstić information content (AvgIpc) is 2.67. The molecular formula is C12H15Cl2F2N. The minimum Gasteiger partial charge on any atom is -0.324 e. The zero-order chi connectivity index (χ0) is 11.7. The second-order valence-electron chi connectivity index (χ2n) is 4.35. The van der Waals surface area contributed by atoms with Crippen molar-refractivity contribution >= 4 is 24.0 Å². The van der Waals surface area contributed by atoms with Crippen LogP contribution in [-0.4, -0.2) is 0 Å². The van der Waals surface area contributed by atoms with Gasteiger partial charge in [0.15, 0.2) is 0 Å². The van der Waals surface area contributed by atoms with Crippen molar-refractivity contribution in [1.82, 2.24) is 0 Å². The number of hydrogen-bond donors (Lipinski definition) is 1. The summed E-state index contributed by atoms with van der Waals surface area (Å²) in [5, 5.41) is 0.0670. The molecule has 0 unspecified atom stereocenters. The molecule has 0 saturated heterocycles. The van der Waals surface area contributed by atoms with Crippen LogP contribution in [-0.2, 0) is 0 Å². The van der Waals surface area contributed by atoms with E-state index in [4.69, 9.17) is 17.3 Å². The molecule has 0 aromatic heterocycles. The second kappa shape index (κ2) is 5.98.